The van der Waals surface area contributed by atoms with Crippen molar-refractivity contribution in [3.63, 3.8) is 0 Å². The minimum absolute atomic E-state index is 0.592. The van der Waals surface area contributed by atoms with Crippen molar-refractivity contribution in [2.75, 3.05) is 33.9 Å². The maximum Gasteiger partial charge on any atom is 0.191 e. The van der Waals surface area contributed by atoms with Gasteiger partial charge in [0, 0.05) is 13.6 Å². The molecule has 0 radical (unpaired) electrons. The van der Waals surface area contributed by atoms with Crippen molar-refractivity contribution >= 4 is 5.96 Å². The van der Waals surface area contributed by atoms with Gasteiger partial charge in [-0.3, -0.25) is 4.99 Å². The second-order valence-electron chi connectivity index (χ2n) is 5.54. The van der Waals surface area contributed by atoms with Crippen molar-refractivity contribution < 1.29 is 9.47 Å². The number of nitrogens with zero attached hydrogens (tertiary/aromatic N) is 1. The monoisotopic (exact) mass is 341 g/mol. The Balaban J connectivity index is 1.60. The Bertz CT molecular complexity index is 644. The molecule has 0 spiro atoms. The number of rotatable bonds is 9. The number of aliphatic imine (C=N–C) groups is 1. The number of benzene rings is 2. The number of nitrogens with one attached hydrogen (secondary N) is 2. The molecule has 2 aromatic carbocycles. The summed E-state index contributed by atoms with van der Waals surface area (Å²) in [5, 5.41) is 6.57. The Morgan fingerprint density at radius 1 is 0.960 bits per heavy atom. The number of ether oxygens (including phenoxy) is 2. The van der Waals surface area contributed by atoms with Crippen LogP contribution in [0.2, 0.25) is 0 Å². The molecule has 0 fully saturated rings. The Labute approximate surface area is 150 Å². The second kappa shape index (κ2) is 11.0. The van der Waals surface area contributed by atoms with Gasteiger partial charge in [-0.05, 0) is 42.7 Å². The average Bonchev–Trinajstić information content (AvgIpc) is 2.67. The molecular weight excluding hydrogens is 314 g/mol. The van der Waals surface area contributed by atoms with Crippen LogP contribution in [0.25, 0.3) is 0 Å². The Morgan fingerprint density at radius 3 is 2.48 bits per heavy atom. The van der Waals surface area contributed by atoms with Crippen molar-refractivity contribution in [3.05, 3.63) is 60.2 Å². The highest BCUT2D eigenvalue weighted by Crippen LogP contribution is 2.13. The van der Waals surface area contributed by atoms with Gasteiger partial charge in [-0.1, -0.05) is 30.3 Å². The van der Waals surface area contributed by atoms with Crippen LogP contribution in [0.15, 0.2) is 59.6 Å². The Hall–Kier alpha value is -2.69. The molecule has 2 rings (SSSR count). The van der Waals surface area contributed by atoms with E-state index in [-0.39, 0.29) is 0 Å². The summed E-state index contributed by atoms with van der Waals surface area (Å²) in [6.07, 6.45) is 2.02. The van der Waals surface area contributed by atoms with Crippen molar-refractivity contribution in [2.24, 2.45) is 4.99 Å². The number of hydrogen-bond donors (Lipinski definition) is 2. The number of methoxy groups -OCH3 is 1. The van der Waals surface area contributed by atoms with Crippen molar-refractivity contribution in [3.8, 4) is 11.5 Å². The zero-order valence-electron chi connectivity index (χ0n) is 15.0. The molecule has 0 atom stereocenters. The lowest BCUT2D eigenvalue weighted by Gasteiger charge is -2.12. The molecule has 0 unspecified atom stereocenters. The van der Waals surface area contributed by atoms with Gasteiger partial charge in [0.2, 0.25) is 0 Å². The van der Waals surface area contributed by atoms with Crippen molar-refractivity contribution in [1.29, 1.82) is 0 Å². The quantitative estimate of drug-likeness (QED) is 0.418. The highest BCUT2D eigenvalue weighted by Gasteiger charge is 1.99. The molecule has 5 nitrogen and oxygen atoms in total. The van der Waals surface area contributed by atoms with E-state index in [1.165, 1.54) is 5.56 Å². The maximum atomic E-state index is 5.65. The molecule has 0 amide bonds. The number of guanidine groups is 1. The van der Waals surface area contributed by atoms with Gasteiger partial charge in [-0.2, -0.15) is 0 Å². The van der Waals surface area contributed by atoms with Gasteiger partial charge in [-0.25, -0.2) is 0 Å². The standard InChI is InChI=1S/C20H27N3O2/c1-21-20(23-14-15-25-18-10-4-3-5-11-18)22-13-7-9-17-8-6-12-19(16-17)24-2/h3-6,8,10-12,16H,7,9,13-15H2,1-2H3,(H2,21,22,23). The van der Waals surface area contributed by atoms with Gasteiger partial charge in [0.05, 0.1) is 13.7 Å². The van der Waals surface area contributed by atoms with Crippen LogP contribution in [0.5, 0.6) is 11.5 Å². The van der Waals surface area contributed by atoms with Crippen LogP contribution in [-0.4, -0.2) is 39.8 Å². The normalized spacial score (nSPS) is 11.0. The first kappa shape index (κ1) is 18.6. The van der Waals surface area contributed by atoms with Crippen LogP contribution in [0.4, 0.5) is 0 Å². The second-order valence-corrected chi connectivity index (χ2v) is 5.54. The summed E-state index contributed by atoms with van der Waals surface area (Å²) in [6.45, 7) is 2.15. The summed E-state index contributed by atoms with van der Waals surface area (Å²) in [4.78, 5) is 4.22. The third-order valence-corrected chi connectivity index (χ3v) is 3.70. The molecule has 2 aromatic rings. The van der Waals surface area contributed by atoms with Crippen LogP contribution in [0, 0.1) is 0 Å². The molecule has 0 aromatic heterocycles. The lowest BCUT2D eigenvalue weighted by molar-refractivity contribution is 0.322. The first-order valence-electron chi connectivity index (χ1n) is 8.57. The third kappa shape index (κ3) is 7.16. The van der Waals surface area contributed by atoms with Gasteiger partial charge >= 0.3 is 0 Å². The first-order valence-corrected chi connectivity index (χ1v) is 8.57. The van der Waals surface area contributed by atoms with Gasteiger partial charge in [-0.15, -0.1) is 0 Å². The van der Waals surface area contributed by atoms with Crippen molar-refractivity contribution in [2.45, 2.75) is 12.8 Å². The molecule has 0 saturated carbocycles. The predicted octanol–water partition coefficient (Wildman–Crippen LogP) is 2.87. The minimum Gasteiger partial charge on any atom is -0.497 e. The Morgan fingerprint density at radius 2 is 1.72 bits per heavy atom. The molecule has 5 heteroatoms. The van der Waals surface area contributed by atoms with E-state index in [1.54, 1.807) is 14.2 Å². The fourth-order valence-corrected chi connectivity index (χ4v) is 2.40. The smallest absolute Gasteiger partial charge is 0.191 e. The zero-order valence-corrected chi connectivity index (χ0v) is 15.0. The molecular formula is C20H27N3O2. The van der Waals surface area contributed by atoms with E-state index >= 15 is 0 Å². The molecule has 0 aliphatic rings. The largest absolute Gasteiger partial charge is 0.497 e. The predicted molar refractivity (Wildman–Crippen MR) is 103 cm³/mol. The fourth-order valence-electron chi connectivity index (χ4n) is 2.40. The summed E-state index contributed by atoms with van der Waals surface area (Å²) in [7, 11) is 3.47. The van der Waals surface area contributed by atoms with Gasteiger partial charge in [0.1, 0.15) is 18.1 Å². The number of aryl methyl sites for hydroxylation is 1. The molecule has 0 aliphatic carbocycles. The van der Waals surface area contributed by atoms with Gasteiger partial charge in [0.25, 0.3) is 0 Å². The summed E-state index contributed by atoms with van der Waals surface area (Å²) >= 11 is 0. The van der Waals surface area contributed by atoms with E-state index in [4.69, 9.17) is 9.47 Å². The third-order valence-electron chi connectivity index (χ3n) is 3.70. The number of para-hydroxylation sites is 1. The van der Waals surface area contributed by atoms with E-state index in [1.807, 2.05) is 42.5 Å². The van der Waals surface area contributed by atoms with Gasteiger partial charge in [0.15, 0.2) is 5.96 Å². The highest BCUT2D eigenvalue weighted by molar-refractivity contribution is 5.79. The molecule has 25 heavy (non-hydrogen) atoms. The summed E-state index contributed by atoms with van der Waals surface area (Å²) < 4.78 is 10.9. The van der Waals surface area contributed by atoms with E-state index < -0.39 is 0 Å². The molecule has 134 valence electrons. The van der Waals surface area contributed by atoms with E-state index in [0.29, 0.717) is 13.2 Å². The summed E-state index contributed by atoms with van der Waals surface area (Å²) in [6, 6.07) is 18.0. The van der Waals surface area contributed by atoms with Crippen LogP contribution in [-0.2, 0) is 6.42 Å². The highest BCUT2D eigenvalue weighted by atomic mass is 16.5. The summed E-state index contributed by atoms with van der Waals surface area (Å²) in [5.74, 6) is 2.58. The van der Waals surface area contributed by atoms with Crippen LogP contribution in [0.1, 0.15) is 12.0 Å². The minimum atomic E-state index is 0.592. The average molecular weight is 341 g/mol. The number of hydrogen-bond acceptors (Lipinski definition) is 3. The van der Waals surface area contributed by atoms with Crippen LogP contribution >= 0.6 is 0 Å². The SMILES string of the molecule is CN=C(NCCCc1cccc(OC)c1)NCCOc1ccccc1. The summed E-state index contributed by atoms with van der Waals surface area (Å²) in [5.41, 5.74) is 1.28. The molecule has 0 bridgehead atoms. The van der Waals surface area contributed by atoms with E-state index in [2.05, 4.69) is 27.8 Å². The maximum absolute atomic E-state index is 5.65. The van der Waals surface area contributed by atoms with Crippen LogP contribution < -0.4 is 20.1 Å². The van der Waals surface area contributed by atoms with Gasteiger partial charge < -0.3 is 20.1 Å². The first-order chi connectivity index (χ1) is 12.3. The van der Waals surface area contributed by atoms with E-state index in [9.17, 15) is 0 Å². The lowest BCUT2D eigenvalue weighted by atomic mass is 10.1. The molecule has 2 N–H and O–H groups in total. The zero-order chi connectivity index (χ0) is 17.7. The fraction of sp³-hybridized carbons (Fsp3) is 0.350. The molecule has 0 saturated heterocycles. The van der Waals surface area contributed by atoms with Crippen LogP contribution in [0.3, 0.4) is 0 Å². The Kier molecular flexibility index (Phi) is 8.18. The molecule has 0 aliphatic heterocycles. The van der Waals surface area contributed by atoms with Crippen molar-refractivity contribution in [1.82, 2.24) is 10.6 Å². The van der Waals surface area contributed by atoms with E-state index in [0.717, 1.165) is 36.8 Å². The lowest BCUT2D eigenvalue weighted by Crippen LogP contribution is -2.39. The topological polar surface area (TPSA) is 54.9 Å². The molecule has 0 heterocycles.